The van der Waals surface area contributed by atoms with Crippen LogP contribution in [0.5, 0.6) is 28.7 Å². The third-order valence-electron chi connectivity index (χ3n) is 3.07. The van der Waals surface area contributed by atoms with Crippen LogP contribution in [0.1, 0.15) is 5.56 Å². The van der Waals surface area contributed by atoms with Crippen LogP contribution < -0.4 is 14.8 Å². The second kappa shape index (κ2) is 4.73. The van der Waals surface area contributed by atoms with E-state index in [1.807, 2.05) is 6.07 Å². The molecule has 0 unspecified atom stereocenters. The molecule has 104 valence electrons. The van der Waals surface area contributed by atoms with Crippen LogP contribution >= 0.6 is 0 Å². The molecule has 1 aliphatic rings. The number of benzene rings is 2. The Hall–Kier alpha value is -2.76. The number of ether oxygens (including phenoxy) is 2. The second-order valence-corrected chi connectivity index (χ2v) is 4.36. The summed E-state index contributed by atoms with van der Waals surface area (Å²) in [4.78, 5) is 0. The van der Waals surface area contributed by atoms with Gasteiger partial charge in [0.1, 0.15) is 0 Å². The maximum absolute atomic E-state index is 9.72. The summed E-state index contributed by atoms with van der Waals surface area (Å²) in [6.07, 6.45) is 0. The fourth-order valence-corrected chi connectivity index (χ4v) is 1.96. The van der Waals surface area contributed by atoms with E-state index in [0.717, 1.165) is 5.69 Å². The molecule has 2 aromatic carbocycles. The molecule has 20 heavy (non-hydrogen) atoms. The van der Waals surface area contributed by atoms with Crippen molar-refractivity contribution in [2.24, 2.45) is 0 Å². The molecule has 4 N–H and O–H groups in total. The van der Waals surface area contributed by atoms with Crippen molar-refractivity contribution >= 4 is 5.69 Å². The Morgan fingerprint density at radius 1 is 0.950 bits per heavy atom. The summed E-state index contributed by atoms with van der Waals surface area (Å²) in [5.74, 6) is 0.149. The van der Waals surface area contributed by atoms with Gasteiger partial charge in [0.05, 0.1) is 0 Å². The van der Waals surface area contributed by atoms with Crippen molar-refractivity contribution < 1.29 is 24.8 Å². The van der Waals surface area contributed by atoms with E-state index in [9.17, 15) is 15.3 Å². The minimum atomic E-state index is -0.519. The molecule has 0 amide bonds. The van der Waals surface area contributed by atoms with Gasteiger partial charge in [-0.1, -0.05) is 0 Å². The van der Waals surface area contributed by atoms with Gasteiger partial charge in [-0.05, 0) is 24.3 Å². The fourth-order valence-electron chi connectivity index (χ4n) is 1.96. The largest absolute Gasteiger partial charge is 0.504 e. The van der Waals surface area contributed by atoms with Gasteiger partial charge in [-0.15, -0.1) is 0 Å². The minimum absolute atomic E-state index is 0.214. The normalized spacial score (nSPS) is 12.4. The van der Waals surface area contributed by atoms with Crippen LogP contribution in [0.3, 0.4) is 0 Å². The van der Waals surface area contributed by atoms with Crippen molar-refractivity contribution in [2.45, 2.75) is 6.54 Å². The fraction of sp³-hybridized carbons (Fsp3) is 0.143. The van der Waals surface area contributed by atoms with Gasteiger partial charge in [-0.25, -0.2) is 0 Å². The number of rotatable bonds is 3. The molecular weight excluding hydrogens is 262 g/mol. The number of anilines is 1. The van der Waals surface area contributed by atoms with Crippen molar-refractivity contribution in [3.8, 4) is 28.7 Å². The lowest BCUT2D eigenvalue weighted by atomic mass is 10.1. The Labute approximate surface area is 114 Å². The van der Waals surface area contributed by atoms with Crippen molar-refractivity contribution in [1.29, 1.82) is 0 Å². The average molecular weight is 275 g/mol. The number of hydrogen-bond acceptors (Lipinski definition) is 6. The van der Waals surface area contributed by atoms with E-state index < -0.39 is 5.75 Å². The zero-order valence-electron chi connectivity index (χ0n) is 10.5. The molecule has 0 atom stereocenters. The van der Waals surface area contributed by atoms with E-state index in [2.05, 4.69) is 5.32 Å². The maximum Gasteiger partial charge on any atom is 0.231 e. The van der Waals surface area contributed by atoms with E-state index in [1.54, 1.807) is 12.1 Å². The van der Waals surface area contributed by atoms with Crippen molar-refractivity contribution in [2.75, 3.05) is 12.1 Å². The van der Waals surface area contributed by atoms with Crippen molar-refractivity contribution in [1.82, 2.24) is 0 Å². The molecule has 0 saturated carbocycles. The molecule has 0 aromatic heterocycles. The van der Waals surface area contributed by atoms with Gasteiger partial charge < -0.3 is 30.1 Å². The molecule has 0 spiro atoms. The van der Waals surface area contributed by atoms with E-state index in [1.165, 1.54) is 12.1 Å². The molecule has 6 nitrogen and oxygen atoms in total. The Morgan fingerprint density at radius 2 is 1.75 bits per heavy atom. The number of nitrogens with one attached hydrogen (secondary N) is 1. The zero-order valence-corrected chi connectivity index (χ0v) is 10.5. The third-order valence-corrected chi connectivity index (χ3v) is 3.07. The lowest BCUT2D eigenvalue weighted by Gasteiger charge is -2.10. The molecule has 0 bridgehead atoms. The molecule has 0 aliphatic carbocycles. The van der Waals surface area contributed by atoms with E-state index in [0.29, 0.717) is 23.6 Å². The summed E-state index contributed by atoms with van der Waals surface area (Å²) < 4.78 is 10.5. The van der Waals surface area contributed by atoms with Crippen LogP contribution in [0.2, 0.25) is 0 Å². The maximum atomic E-state index is 9.72. The van der Waals surface area contributed by atoms with Gasteiger partial charge in [0, 0.05) is 23.9 Å². The topological polar surface area (TPSA) is 91.2 Å². The van der Waals surface area contributed by atoms with Crippen molar-refractivity contribution in [3.05, 3.63) is 35.9 Å². The van der Waals surface area contributed by atoms with Gasteiger partial charge in [-0.3, -0.25) is 0 Å². The summed E-state index contributed by atoms with van der Waals surface area (Å²) >= 11 is 0. The smallest absolute Gasteiger partial charge is 0.231 e. The van der Waals surface area contributed by atoms with Crippen LogP contribution in [-0.4, -0.2) is 22.1 Å². The van der Waals surface area contributed by atoms with E-state index in [4.69, 9.17) is 9.47 Å². The molecular formula is C14H13NO5. The molecule has 6 heteroatoms. The van der Waals surface area contributed by atoms with Gasteiger partial charge >= 0.3 is 0 Å². The third kappa shape index (κ3) is 2.11. The Bertz CT molecular complexity index is 656. The minimum Gasteiger partial charge on any atom is -0.504 e. The Balaban J connectivity index is 1.75. The van der Waals surface area contributed by atoms with Crippen LogP contribution in [0.25, 0.3) is 0 Å². The van der Waals surface area contributed by atoms with Crippen molar-refractivity contribution in [3.63, 3.8) is 0 Å². The summed E-state index contributed by atoms with van der Waals surface area (Å²) in [6.45, 7) is 0.505. The summed E-state index contributed by atoms with van der Waals surface area (Å²) in [5.41, 5.74) is 1.26. The first-order valence-corrected chi connectivity index (χ1v) is 6.01. The number of fused-ring (bicyclic) bond motifs is 1. The zero-order chi connectivity index (χ0) is 14.1. The summed E-state index contributed by atoms with van der Waals surface area (Å²) in [6, 6.07) is 8.26. The first-order chi connectivity index (χ1) is 9.65. The monoisotopic (exact) mass is 275 g/mol. The Morgan fingerprint density at radius 3 is 2.60 bits per heavy atom. The highest BCUT2D eigenvalue weighted by atomic mass is 16.7. The highest BCUT2D eigenvalue weighted by Gasteiger charge is 2.14. The van der Waals surface area contributed by atoms with Crippen LogP contribution in [0.15, 0.2) is 30.3 Å². The van der Waals surface area contributed by atoms with E-state index >= 15 is 0 Å². The number of phenolic OH excluding ortho intramolecular Hbond substituents is 3. The molecule has 2 aromatic rings. The predicted molar refractivity (Wildman–Crippen MR) is 71.3 cm³/mol. The Kier molecular flexibility index (Phi) is 2.90. The highest BCUT2D eigenvalue weighted by molar-refractivity contribution is 5.57. The molecule has 1 aliphatic heterocycles. The first kappa shape index (κ1) is 12.3. The van der Waals surface area contributed by atoms with E-state index in [-0.39, 0.29) is 18.3 Å². The first-order valence-electron chi connectivity index (χ1n) is 6.01. The SMILES string of the molecule is Oc1ccc(CNc2ccc3c(c2)OCO3)c(O)c1O. The number of hydrogen-bond donors (Lipinski definition) is 4. The average Bonchev–Trinajstić information content (AvgIpc) is 2.91. The second-order valence-electron chi connectivity index (χ2n) is 4.36. The van der Waals surface area contributed by atoms with Gasteiger partial charge in [0.15, 0.2) is 23.0 Å². The lowest BCUT2D eigenvalue weighted by molar-refractivity contribution is 0.174. The number of aromatic hydroxyl groups is 3. The predicted octanol–water partition coefficient (Wildman–Crippen LogP) is 2.14. The molecule has 0 radical (unpaired) electrons. The quantitative estimate of drug-likeness (QED) is 0.642. The molecule has 3 rings (SSSR count). The van der Waals surface area contributed by atoms with Gasteiger partial charge in [0.25, 0.3) is 0 Å². The molecule has 0 saturated heterocycles. The van der Waals surface area contributed by atoms with Gasteiger partial charge in [-0.2, -0.15) is 0 Å². The standard InChI is InChI=1S/C14H13NO5/c16-10-3-1-8(13(17)14(10)18)6-15-9-2-4-11-12(5-9)20-7-19-11/h1-5,15-18H,6-7H2. The molecule has 0 fully saturated rings. The van der Waals surface area contributed by atoms with Crippen LogP contribution in [0, 0.1) is 0 Å². The number of phenols is 3. The highest BCUT2D eigenvalue weighted by Crippen LogP contribution is 2.38. The lowest BCUT2D eigenvalue weighted by Crippen LogP contribution is -1.99. The summed E-state index contributed by atoms with van der Waals surface area (Å²) in [7, 11) is 0. The van der Waals surface area contributed by atoms with Crippen LogP contribution in [0.4, 0.5) is 5.69 Å². The van der Waals surface area contributed by atoms with Crippen LogP contribution in [-0.2, 0) is 6.54 Å². The summed E-state index contributed by atoms with van der Waals surface area (Å²) in [5, 5.41) is 31.5. The van der Waals surface area contributed by atoms with Gasteiger partial charge in [0.2, 0.25) is 12.5 Å². The molecule has 1 heterocycles.